The lowest BCUT2D eigenvalue weighted by Gasteiger charge is -2.31. The quantitative estimate of drug-likeness (QED) is 0.704. The van der Waals surface area contributed by atoms with E-state index in [9.17, 15) is 13.2 Å². The number of nitrogens with zero attached hydrogens (tertiary/aromatic N) is 3. The van der Waals surface area contributed by atoms with Gasteiger partial charge in [0, 0.05) is 25.8 Å². The van der Waals surface area contributed by atoms with E-state index >= 15 is 0 Å². The summed E-state index contributed by atoms with van der Waals surface area (Å²) in [5, 5.41) is 3.99. The van der Waals surface area contributed by atoms with Gasteiger partial charge in [0.2, 0.25) is 10.0 Å². The minimum Gasteiger partial charge on any atom is -0.468 e. The number of ether oxygens (including phenoxy) is 1. The van der Waals surface area contributed by atoms with Crippen molar-refractivity contribution in [2.24, 2.45) is 5.92 Å². The van der Waals surface area contributed by atoms with Gasteiger partial charge in [0.1, 0.15) is 4.90 Å². The predicted molar refractivity (Wildman–Crippen MR) is 84.3 cm³/mol. The van der Waals surface area contributed by atoms with Gasteiger partial charge in [0.05, 0.1) is 19.9 Å². The van der Waals surface area contributed by atoms with Crippen LogP contribution in [0.1, 0.15) is 19.8 Å². The van der Waals surface area contributed by atoms with E-state index in [1.165, 1.54) is 19.5 Å². The Labute approximate surface area is 136 Å². The number of aromatic nitrogens is 2. The summed E-state index contributed by atoms with van der Waals surface area (Å²) >= 11 is 0. The molecular formula is C14H24N4O4S. The lowest BCUT2D eigenvalue weighted by atomic mass is 9.98. The Hall–Kier alpha value is -1.45. The lowest BCUT2D eigenvalue weighted by Crippen LogP contribution is -2.43. The summed E-state index contributed by atoms with van der Waals surface area (Å²) in [6.07, 6.45) is 4.76. The molecule has 0 aliphatic carbocycles. The highest BCUT2D eigenvalue weighted by Crippen LogP contribution is 2.16. The summed E-state index contributed by atoms with van der Waals surface area (Å²) in [5.74, 6) is -0.0809. The van der Waals surface area contributed by atoms with Crippen LogP contribution in [-0.2, 0) is 26.1 Å². The third-order valence-corrected chi connectivity index (χ3v) is 5.37. The van der Waals surface area contributed by atoms with E-state index in [-0.39, 0.29) is 23.3 Å². The third-order valence-electron chi connectivity index (χ3n) is 3.99. The topological polar surface area (TPSA) is 93.5 Å². The van der Waals surface area contributed by atoms with Crippen molar-refractivity contribution in [3.63, 3.8) is 0 Å². The van der Waals surface area contributed by atoms with Gasteiger partial charge in [-0.15, -0.1) is 0 Å². The van der Waals surface area contributed by atoms with E-state index in [4.69, 9.17) is 0 Å². The van der Waals surface area contributed by atoms with Crippen molar-refractivity contribution in [2.45, 2.75) is 31.2 Å². The molecular weight excluding hydrogens is 320 g/mol. The molecule has 1 atom stereocenters. The van der Waals surface area contributed by atoms with E-state index in [0.29, 0.717) is 19.6 Å². The maximum atomic E-state index is 12.3. The SMILES string of the molecule is CCn1cc(S(=O)(=O)NC[C@@H]2CCCN(CC(=O)OC)C2)cn1. The van der Waals surface area contributed by atoms with Crippen LogP contribution in [0.5, 0.6) is 0 Å². The molecule has 0 radical (unpaired) electrons. The summed E-state index contributed by atoms with van der Waals surface area (Å²) in [4.78, 5) is 13.5. The van der Waals surface area contributed by atoms with Crippen molar-refractivity contribution in [1.82, 2.24) is 19.4 Å². The molecule has 130 valence electrons. The van der Waals surface area contributed by atoms with Crippen LogP contribution in [0.15, 0.2) is 17.3 Å². The second-order valence-electron chi connectivity index (χ2n) is 5.70. The number of carbonyl (C=O) groups excluding carboxylic acids is 1. The fraction of sp³-hybridized carbons (Fsp3) is 0.714. The van der Waals surface area contributed by atoms with E-state index in [1.807, 2.05) is 11.8 Å². The van der Waals surface area contributed by atoms with Crippen molar-refractivity contribution >= 4 is 16.0 Å². The molecule has 1 fully saturated rings. The number of nitrogens with one attached hydrogen (secondary N) is 1. The van der Waals surface area contributed by atoms with Crippen LogP contribution in [0.2, 0.25) is 0 Å². The maximum Gasteiger partial charge on any atom is 0.319 e. The van der Waals surface area contributed by atoms with Gasteiger partial charge in [-0.2, -0.15) is 5.10 Å². The molecule has 1 aliphatic heterocycles. The number of methoxy groups -OCH3 is 1. The molecule has 0 aromatic carbocycles. The number of hydrogen-bond acceptors (Lipinski definition) is 6. The number of sulfonamides is 1. The first-order valence-corrected chi connectivity index (χ1v) is 9.24. The predicted octanol–water partition coefficient (Wildman–Crippen LogP) is 0.0663. The Kier molecular flexibility index (Phi) is 6.14. The summed E-state index contributed by atoms with van der Waals surface area (Å²) in [6, 6.07) is 0. The molecule has 8 nitrogen and oxygen atoms in total. The van der Waals surface area contributed by atoms with Crippen molar-refractivity contribution in [3.8, 4) is 0 Å². The largest absolute Gasteiger partial charge is 0.468 e. The molecule has 2 rings (SSSR count). The number of hydrogen-bond donors (Lipinski definition) is 1. The van der Waals surface area contributed by atoms with Gasteiger partial charge in [-0.25, -0.2) is 13.1 Å². The number of rotatable bonds is 7. The minimum atomic E-state index is -3.54. The van der Waals surface area contributed by atoms with Gasteiger partial charge < -0.3 is 4.74 Å². The van der Waals surface area contributed by atoms with E-state index < -0.39 is 10.0 Å². The van der Waals surface area contributed by atoms with Crippen LogP contribution in [0.4, 0.5) is 0 Å². The molecule has 1 N–H and O–H groups in total. The Bertz CT molecular complexity index is 628. The fourth-order valence-electron chi connectivity index (χ4n) is 2.68. The molecule has 1 aromatic rings. The van der Waals surface area contributed by atoms with Crippen LogP contribution in [0.3, 0.4) is 0 Å². The molecule has 23 heavy (non-hydrogen) atoms. The lowest BCUT2D eigenvalue weighted by molar-refractivity contribution is -0.142. The Morgan fingerprint density at radius 1 is 1.52 bits per heavy atom. The number of esters is 1. The number of aryl methyl sites for hydroxylation is 1. The molecule has 9 heteroatoms. The van der Waals surface area contributed by atoms with Gasteiger partial charge in [-0.1, -0.05) is 0 Å². The van der Waals surface area contributed by atoms with Gasteiger partial charge in [-0.05, 0) is 32.2 Å². The van der Waals surface area contributed by atoms with Gasteiger partial charge in [-0.3, -0.25) is 14.4 Å². The normalized spacial score (nSPS) is 19.7. The van der Waals surface area contributed by atoms with E-state index in [1.54, 1.807) is 4.68 Å². The van der Waals surface area contributed by atoms with Gasteiger partial charge in [0.15, 0.2) is 0 Å². The number of carbonyl (C=O) groups is 1. The van der Waals surface area contributed by atoms with Gasteiger partial charge >= 0.3 is 5.97 Å². The number of piperidine rings is 1. The second-order valence-corrected chi connectivity index (χ2v) is 7.47. The highest BCUT2D eigenvalue weighted by Gasteiger charge is 2.24. The zero-order valence-electron chi connectivity index (χ0n) is 13.6. The molecule has 1 saturated heterocycles. The summed E-state index contributed by atoms with van der Waals surface area (Å²) in [5.41, 5.74) is 0. The van der Waals surface area contributed by atoms with Gasteiger partial charge in [0.25, 0.3) is 0 Å². The van der Waals surface area contributed by atoms with Crippen LogP contribution in [0.25, 0.3) is 0 Å². The molecule has 1 aromatic heterocycles. The monoisotopic (exact) mass is 344 g/mol. The van der Waals surface area contributed by atoms with Crippen molar-refractivity contribution in [3.05, 3.63) is 12.4 Å². The smallest absolute Gasteiger partial charge is 0.319 e. The van der Waals surface area contributed by atoms with E-state index in [0.717, 1.165) is 19.4 Å². The van der Waals surface area contributed by atoms with Crippen molar-refractivity contribution < 1.29 is 17.9 Å². The highest BCUT2D eigenvalue weighted by atomic mass is 32.2. The average molecular weight is 344 g/mol. The van der Waals surface area contributed by atoms with Crippen molar-refractivity contribution in [1.29, 1.82) is 0 Å². The summed E-state index contributed by atoms with van der Waals surface area (Å²) < 4.78 is 33.4. The molecule has 2 heterocycles. The summed E-state index contributed by atoms with van der Waals surface area (Å²) in [6.45, 7) is 4.66. The number of likely N-dealkylation sites (tertiary alicyclic amines) is 1. The molecule has 0 bridgehead atoms. The first kappa shape index (κ1) is 17.9. The summed E-state index contributed by atoms with van der Waals surface area (Å²) in [7, 11) is -2.17. The fourth-order valence-corrected chi connectivity index (χ4v) is 3.74. The maximum absolute atomic E-state index is 12.3. The molecule has 0 amide bonds. The standard InChI is InChI=1S/C14H24N4O4S/c1-3-18-10-13(8-15-18)23(20,21)16-7-12-5-4-6-17(9-12)11-14(19)22-2/h8,10,12,16H,3-7,9,11H2,1-2H3/t12-/m0/s1. The first-order chi connectivity index (χ1) is 10.9. The van der Waals surface area contributed by atoms with Crippen LogP contribution in [0, 0.1) is 5.92 Å². The Balaban J connectivity index is 1.88. The second kappa shape index (κ2) is 7.89. The zero-order valence-corrected chi connectivity index (χ0v) is 14.4. The first-order valence-electron chi connectivity index (χ1n) is 7.76. The van der Waals surface area contributed by atoms with Crippen LogP contribution >= 0.6 is 0 Å². The zero-order chi connectivity index (χ0) is 16.9. The van der Waals surface area contributed by atoms with E-state index in [2.05, 4.69) is 14.6 Å². The van der Waals surface area contributed by atoms with Crippen LogP contribution in [-0.4, -0.2) is 62.4 Å². The molecule has 0 saturated carbocycles. The Morgan fingerprint density at radius 2 is 2.30 bits per heavy atom. The molecule has 0 unspecified atom stereocenters. The van der Waals surface area contributed by atoms with Crippen molar-refractivity contribution in [2.75, 3.05) is 33.3 Å². The van der Waals surface area contributed by atoms with Crippen LogP contribution < -0.4 is 4.72 Å². The highest BCUT2D eigenvalue weighted by molar-refractivity contribution is 7.89. The molecule has 0 spiro atoms. The molecule has 1 aliphatic rings. The average Bonchev–Trinajstić information content (AvgIpc) is 3.03. The Morgan fingerprint density at radius 3 is 2.96 bits per heavy atom. The minimum absolute atomic E-state index is 0.182. The third kappa shape index (κ3) is 5.02.